The van der Waals surface area contributed by atoms with Crippen LogP contribution in [-0.2, 0) is 0 Å². The quantitative estimate of drug-likeness (QED) is 0.154. The SMILES string of the molecule is c1ccc2c(c1)ccc1ccc(-c3ccc4cc5cc(-c6ccc7ccc8ccccc8c7c6)ccc5cc4c3)cc12. The third kappa shape index (κ3) is 3.70. The molecule has 0 N–H and O–H groups in total. The Balaban J connectivity index is 1.14. The van der Waals surface area contributed by atoms with Crippen LogP contribution in [0.5, 0.6) is 0 Å². The van der Waals surface area contributed by atoms with Crippen molar-refractivity contribution in [2.24, 2.45) is 0 Å². The fourth-order valence-corrected chi connectivity index (χ4v) is 6.72. The first-order valence-corrected chi connectivity index (χ1v) is 14.6. The molecule has 9 aromatic carbocycles. The van der Waals surface area contributed by atoms with Crippen molar-refractivity contribution in [1.82, 2.24) is 0 Å². The largest absolute Gasteiger partial charge is 0.0616 e. The Morgan fingerprint density at radius 2 is 0.524 bits per heavy atom. The fraction of sp³-hybridized carbons (Fsp3) is 0. The van der Waals surface area contributed by atoms with E-state index in [2.05, 4.69) is 158 Å². The van der Waals surface area contributed by atoms with Crippen LogP contribution in [0.1, 0.15) is 0 Å². The normalized spacial score (nSPS) is 11.8. The van der Waals surface area contributed by atoms with Crippen LogP contribution in [0.15, 0.2) is 158 Å². The molecule has 0 saturated heterocycles. The van der Waals surface area contributed by atoms with Crippen molar-refractivity contribution in [3.05, 3.63) is 158 Å². The lowest BCUT2D eigenvalue weighted by Gasteiger charge is -2.11. The van der Waals surface area contributed by atoms with Gasteiger partial charge >= 0.3 is 0 Å². The van der Waals surface area contributed by atoms with Gasteiger partial charge in [-0.25, -0.2) is 0 Å². The lowest BCUT2D eigenvalue weighted by molar-refractivity contribution is 1.67. The maximum absolute atomic E-state index is 2.35. The summed E-state index contributed by atoms with van der Waals surface area (Å²) in [6, 6.07) is 58.3. The van der Waals surface area contributed by atoms with Crippen molar-refractivity contribution >= 4 is 64.6 Å². The lowest BCUT2D eigenvalue weighted by Crippen LogP contribution is -1.84. The molecule has 0 heterocycles. The molecule has 0 aliphatic carbocycles. The zero-order valence-electron chi connectivity index (χ0n) is 23.0. The summed E-state index contributed by atoms with van der Waals surface area (Å²) in [5, 5.41) is 15.4. The van der Waals surface area contributed by atoms with Gasteiger partial charge in [0.05, 0.1) is 0 Å². The predicted octanol–water partition coefficient (Wildman–Crippen LogP) is 11.9. The molecule has 0 aliphatic heterocycles. The number of hydrogen-bond acceptors (Lipinski definition) is 0. The zero-order chi connectivity index (χ0) is 27.6. The highest BCUT2D eigenvalue weighted by molar-refractivity contribution is 6.10. The summed E-state index contributed by atoms with van der Waals surface area (Å²) in [7, 11) is 0. The van der Waals surface area contributed by atoms with Crippen molar-refractivity contribution in [2.45, 2.75) is 0 Å². The minimum atomic E-state index is 1.25. The van der Waals surface area contributed by atoms with Crippen LogP contribution < -0.4 is 0 Å². The van der Waals surface area contributed by atoms with Crippen LogP contribution >= 0.6 is 0 Å². The number of fused-ring (bicyclic) bond motifs is 8. The summed E-state index contributed by atoms with van der Waals surface area (Å²) in [5.41, 5.74) is 4.99. The smallest absolute Gasteiger partial charge is 0.00992 e. The van der Waals surface area contributed by atoms with Crippen molar-refractivity contribution in [1.29, 1.82) is 0 Å². The van der Waals surface area contributed by atoms with E-state index in [4.69, 9.17) is 0 Å². The highest BCUT2D eigenvalue weighted by Gasteiger charge is 2.08. The molecule has 42 heavy (non-hydrogen) atoms. The topological polar surface area (TPSA) is 0 Å². The van der Waals surface area contributed by atoms with E-state index in [1.54, 1.807) is 0 Å². The van der Waals surface area contributed by atoms with Crippen molar-refractivity contribution in [2.75, 3.05) is 0 Å². The molecule has 0 fully saturated rings. The van der Waals surface area contributed by atoms with Crippen LogP contribution in [0.25, 0.3) is 86.9 Å². The molecular formula is C42H26. The molecule has 0 amide bonds. The molecule has 0 heteroatoms. The molecule has 0 saturated carbocycles. The summed E-state index contributed by atoms with van der Waals surface area (Å²) in [4.78, 5) is 0. The van der Waals surface area contributed by atoms with Crippen LogP contribution in [0.4, 0.5) is 0 Å². The zero-order valence-corrected chi connectivity index (χ0v) is 23.0. The monoisotopic (exact) mass is 530 g/mol. The third-order valence-electron chi connectivity index (χ3n) is 8.96. The molecule has 9 aromatic rings. The molecule has 0 unspecified atom stereocenters. The van der Waals surface area contributed by atoms with Gasteiger partial charge in [-0.3, -0.25) is 0 Å². The van der Waals surface area contributed by atoms with Crippen LogP contribution in [-0.4, -0.2) is 0 Å². The molecule has 0 aromatic heterocycles. The van der Waals surface area contributed by atoms with Crippen molar-refractivity contribution in [3.63, 3.8) is 0 Å². The van der Waals surface area contributed by atoms with Gasteiger partial charge in [-0.2, -0.15) is 0 Å². The van der Waals surface area contributed by atoms with E-state index in [0.717, 1.165) is 0 Å². The van der Waals surface area contributed by atoms with Gasteiger partial charge in [-0.1, -0.05) is 121 Å². The maximum Gasteiger partial charge on any atom is -0.00992 e. The average Bonchev–Trinajstić information content (AvgIpc) is 3.06. The molecule has 0 aliphatic rings. The van der Waals surface area contributed by atoms with Crippen LogP contribution in [0.3, 0.4) is 0 Å². The van der Waals surface area contributed by atoms with Gasteiger partial charge in [0.25, 0.3) is 0 Å². The standard InChI is InChI=1S/C42H26/c1-3-7-39-27(5-1)9-11-29-13-15-35(25-41(29)39)31-17-19-33-24-38-22-32(18-20-34(38)23-37(33)21-31)36-16-14-30-12-10-28-6-2-4-8-40(28)42(30)26-36/h1-26H. The molecular weight excluding hydrogens is 504 g/mol. The van der Waals surface area contributed by atoms with Gasteiger partial charge in [0.1, 0.15) is 0 Å². The first-order chi connectivity index (χ1) is 20.8. The van der Waals surface area contributed by atoms with Gasteiger partial charge < -0.3 is 0 Å². The van der Waals surface area contributed by atoms with Crippen LogP contribution in [0.2, 0.25) is 0 Å². The molecule has 0 spiro atoms. The van der Waals surface area contributed by atoms with Gasteiger partial charge in [0.2, 0.25) is 0 Å². The molecule has 0 atom stereocenters. The Kier molecular flexibility index (Phi) is 5.00. The fourth-order valence-electron chi connectivity index (χ4n) is 6.72. The minimum absolute atomic E-state index is 1.25. The minimum Gasteiger partial charge on any atom is -0.0616 e. The average molecular weight is 531 g/mol. The first kappa shape index (κ1) is 23.3. The van der Waals surface area contributed by atoms with E-state index in [-0.39, 0.29) is 0 Å². The highest BCUT2D eigenvalue weighted by Crippen LogP contribution is 2.35. The number of rotatable bonds is 2. The van der Waals surface area contributed by atoms with E-state index in [1.807, 2.05) is 0 Å². The summed E-state index contributed by atoms with van der Waals surface area (Å²) in [6.07, 6.45) is 0. The Morgan fingerprint density at radius 1 is 0.190 bits per heavy atom. The van der Waals surface area contributed by atoms with E-state index >= 15 is 0 Å². The second-order valence-electron chi connectivity index (χ2n) is 11.4. The Hall–Kier alpha value is -5.46. The summed E-state index contributed by atoms with van der Waals surface area (Å²) >= 11 is 0. The van der Waals surface area contributed by atoms with E-state index in [0.29, 0.717) is 0 Å². The number of hydrogen-bond donors (Lipinski definition) is 0. The second-order valence-corrected chi connectivity index (χ2v) is 11.4. The Labute approximate surface area is 244 Å². The van der Waals surface area contributed by atoms with Crippen LogP contribution in [0, 0.1) is 0 Å². The molecule has 194 valence electrons. The molecule has 0 radical (unpaired) electrons. The molecule has 0 bridgehead atoms. The van der Waals surface area contributed by atoms with Gasteiger partial charge in [0.15, 0.2) is 0 Å². The summed E-state index contributed by atoms with van der Waals surface area (Å²) < 4.78 is 0. The van der Waals surface area contributed by atoms with E-state index < -0.39 is 0 Å². The number of benzene rings is 9. The predicted molar refractivity (Wildman–Crippen MR) is 182 cm³/mol. The molecule has 9 rings (SSSR count). The Bertz CT molecular complexity index is 2340. The van der Waals surface area contributed by atoms with Crippen molar-refractivity contribution < 1.29 is 0 Å². The highest BCUT2D eigenvalue weighted by atomic mass is 14.1. The summed E-state index contributed by atoms with van der Waals surface area (Å²) in [6.45, 7) is 0. The van der Waals surface area contributed by atoms with Gasteiger partial charge in [-0.05, 0) is 123 Å². The Morgan fingerprint density at radius 3 is 0.976 bits per heavy atom. The lowest BCUT2D eigenvalue weighted by atomic mass is 9.93. The first-order valence-electron chi connectivity index (χ1n) is 14.6. The summed E-state index contributed by atoms with van der Waals surface area (Å²) in [5.74, 6) is 0. The van der Waals surface area contributed by atoms with Gasteiger partial charge in [0, 0.05) is 0 Å². The van der Waals surface area contributed by atoms with Crippen molar-refractivity contribution in [3.8, 4) is 22.3 Å². The van der Waals surface area contributed by atoms with Gasteiger partial charge in [-0.15, -0.1) is 0 Å². The molecule has 0 nitrogen and oxygen atoms in total. The van der Waals surface area contributed by atoms with E-state index in [9.17, 15) is 0 Å². The van der Waals surface area contributed by atoms with E-state index in [1.165, 1.54) is 86.9 Å². The second kappa shape index (κ2) is 9.03. The third-order valence-corrected chi connectivity index (χ3v) is 8.96. The maximum atomic E-state index is 2.35.